The minimum Gasteiger partial charge on any atom is -0.457 e. The number of hydrogen-bond donors (Lipinski definition) is 1. The highest BCUT2D eigenvalue weighted by Gasteiger charge is 2.14. The summed E-state index contributed by atoms with van der Waals surface area (Å²) in [6.07, 6.45) is -0.860. The highest BCUT2D eigenvalue weighted by Crippen LogP contribution is 2.33. The fourth-order valence-corrected chi connectivity index (χ4v) is 1.93. The zero-order chi connectivity index (χ0) is 14.9. The van der Waals surface area contributed by atoms with Crippen molar-refractivity contribution < 1.29 is 18.6 Å². The lowest BCUT2D eigenvalue weighted by molar-refractivity contribution is 0.195. The molecule has 1 N–H and O–H groups in total. The van der Waals surface area contributed by atoms with Crippen molar-refractivity contribution in [1.82, 2.24) is 0 Å². The molecule has 0 spiro atoms. The molecule has 0 aliphatic heterocycles. The molecule has 106 valence electrons. The van der Waals surface area contributed by atoms with E-state index in [0.29, 0.717) is 28.2 Å². The SMILES string of the molecule is Cc1cc(Oc2ccc(F)cc2C)c(C(C)O)cc1F. The van der Waals surface area contributed by atoms with Crippen molar-refractivity contribution in [1.29, 1.82) is 0 Å². The maximum atomic E-state index is 13.6. The van der Waals surface area contributed by atoms with E-state index in [9.17, 15) is 13.9 Å². The molecule has 0 amide bonds. The summed E-state index contributed by atoms with van der Waals surface area (Å²) in [5.74, 6) is 0.0953. The van der Waals surface area contributed by atoms with Crippen molar-refractivity contribution in [2.45, 2.75) is 26.9 Å². The molecule has 0 aliphatic carbocycles. The molecule has 20 heavy (non-hydrogen) atoms. The van der Waals surface area contributed by atoms with Gasteiger partial charge in [0.15, 0.2) is 0 Å². The summed E-state index contributed by atoms with van der Waals surface area (Å²) in [4.78, 5) is 0. The third kappa shape index (κ3) is 2.96. The van der Waals surface area contributed by atoms with Crippen LogP contribution in [-0.4, -0.2) is 5.11 Å². The average Bonchev–Trinajstić information content (AvgIpc) is 2.36. The molecule has 1 atom stereocenters. The first-order valence-electron chi connectivity index (χ1n) is 6.30. The van der Waals surface area contributed by atoms with Gasteiger partial charge in [0.1, 0.15) is 23.1 Å². The summed E-state index contributed by atoms with van der Waals surface area (Å²) in [7, 11) is 0. The molecule has 2 nitrogen and oxygen atoms in total. The maximum Gasteiger partial charge on any atom is 0.133 e. The number of benzene rings is 2. The summed E-state index contributed by atoms with van der Waals surface area (Å²) in [6.45, 7) is 4.87. The lowest BCUT2D eigenvalue weighted by atomic mass is 10.1. The molecule has 0 aromatic heterocycles. The Balaban J connectivity index is 2.44. The lowest BCUT2D eigenvalue weighted by Crippen LogP contribution is -2.00. The molecule has 4 heteroatoms. The molecule has 1 unspecified atom stereocenters. The van der Waals surface area contributed by atoms with Crippen LogP contribution >= 0.6 is 0 Å². The predicted octanol–water partition coefficient (Wildman–Crippen LogP) is 4.43. The Morgan fingerprint density at radius 1 is 1.00 bits per heavy atom. The second-order valence-electron chi connectivity index (χ2n) is 4.83. The maximum absolute atomic E-state index is 13.6. The highest BCUT2D eigenvalue weighted by atomic mass is 19.1. The van der Waals surface area contributed by atoms with Crippen molar-refractivity contribution in [2.24, 2.45) is 0 Å². The van der Waals surface area contributed by atoms with Gasteiger partial charge in [-0.3, -0.25) is 0 Å². The van der Waals surface area contributed by atoms with E-state index in [0.717, 1.165) is 0 Å². The van der Waals surface area contributed by atoms with Crippen LogP contribution in [0, 0.1) is 25.5 Å². The summed E-state index contributed by atoms with van der Waals surface area (Å²) in [6, 6.07) is 6.94. The van der Waals surface area contributed by atoms with Crippen molar-refractivity contribution in [3.8, 4) is 11.5 Å². The van der Waals surface area contributed by atoms with Crippen molar-refractivity contribution in [3.63, 3.8) is 0 Å². The van der Waals surface area contributed by atoms with Gasteiger partial charge < -0.3 is 9.84 Å². The van der Waals surface area contributed by atoms with Gasteiger partial charge in [-0.25, -0.2) is 8.78 Å². The first kappa shape index (κ1) is 14.5. The normalized spacial score (nSPS) is 12.3. The fraction of sp³-hybridized carbons (Fsp3) is 0.250. The van der Waals surface area contributed by atoms with Gasteiger partial charge >= 0.3 is 0 Å². The van der Waals surface area contributed by atoms with Crippen LogP contribution < -0.4 is 4.74 Å². The Morgan fingerprint density at radius 3 is 2.30 bits per heavy atom. The summed E-state index contributed by atoms with van der Waals surface area (Å²) in [5.41, 5.74) is 1.41. The Labute approximate surface area is 116 Å². The smallest absolute Gasteiger partial charge is 0.133 e. The molecule has 0 bridgehead atoms. The van der Waals surface area contributed by atoms with E-state index in [2.05, 4.69) is 0 Å². The van der Waals surface area contributed by atoms with Gasteiger partial charge in [-0.1, -0.05) is 0 Å². The standard InChI is InChI=1S/C16H16F2O2/c1-9-7-16(13(11(3)19)8-14(9)18)20-15-5-4-12(17)6-10(15)2/h4-8,11,19H,1-3H3. The molecule has 0 saturated carbocycles. The summed E-state index contributed by atoms with van der Waals surface area (Å²) >= 11 is 0. The Kier molecular flexibility index (Phi) is 4.04. The topological polar surface area (TPSA) is 29.5 Å². The van der Waals surface area contributed by atoms with E-state index >= 15 is 0 Å². The number of hydrogen-bond acceptors (Lipinski definition) is 2. The molecule has 2 aromatic carbocycles. The summed E-state index contributed by atoms with van der Waals surface area (Å²) in [5, 5.41) is 9.70. The second kappa shape index (κ2) is 5.59. The lowest BCUT2D eigenvalue weighted by Gasteiger charge is -2.16. The molecule has 2 rings (SSSR count). The van der Waals surface area contributed by atoms with Gasteiger partial charge in [0.2, 0.25) is 0 Å². The van der Waals surface area contributed by atoms with Gasteiger partial charge in [0, 0.05) is 5.56 Å². The van der Waals surface area contributed by atoms with Crippen molar-refractivity contribution in [3.05, 3.63) is 58.7 Å². The number of rotatable bonds is 3. The predicted molar refractivity (Wildman–Crippen MR) is 73.0 cm³/mol. The van der Waals surface area contributed by atoms with Crippen LogP contribution in [0.5, 0.6) is 11.5 Å². The van der Waals surface area contributed by atoms with E-state index in [-0.39, 0.29) is 5.82 Å². The third-order valence-electron chi connectivity index (χ3n) is 3.10. The molecule has 0 aliphatic rings. The van der Waals surface area contributed by atoms with Crippen LogP contribution in [0.3, 0.4) is 0 Å². The first-order chi connectivity index (χ1) is 9.38. The van der Waals surface area contributed by atoms with E-state index in [1.165, 1.54) is 37.3 Å². The van der Waals surface area contributed by atoms with E-state index < -0.39 is 11.9 Å². The molecule has 0 fully saturated rings. The fourth-order valence-electron chi connectivity index (χ4n) is 1.93. The van der Waals surface area contributed by atoms with Gasteiger partial charge in [0.25, 0.3) is 0 Å². The van der Waals surface area contributed by atoms with Crippen LogP contribution in [0.25, 0.3) is 0 Å². The minimum absolute atomic E-state index is 0.346. The monoisotopic (exact) mass is 278 g/mol. The van der Waals surface area contributed by atoms with E-state index in [4.69, 9.17) is 4.74 Å². The Hall–Kier alpha value is -1.94. The Morgan fingerprint density at radius 2 is 1.70 bits per heavy atom. The highest BCUT2D eigenvalue weighted by molar-refractivity contribution is 5.44. The van der Waals surface area contributed by atoms with Crippen LogP contribution in [0.1, 0.15) is 29.7 Å². The van der Waals surface area contributed by atoms with Gasteiger partial charge in [-0.15, -0.1) is 0 Å². The number of aryl methyl sites for hydroxylation is 2. The zero-order valence-corrected chi connectivity index (χ0v) is 11.6. The van der Waals surface area contributed by atoms with Gasteiger partial charge in [-0.2, -0.15) is 0 Å². The molecular weight excluding hydrogens is 262 g/mol. The van der Waals surface area contributed by atoms with Crippen LogP contribution in [0.4, 0.5) is 8.78 Å². The molecule has 0 radical (unpaired) electrons. The third-order valence-corrected chi connectivity index (χ3v) is 3.10. The largest absolute Gasteiger partial charge is 0.457 e. The number of aliphatic hydroxyl groups excluding tert-OH is 1. The molecule has 2 aromatic rings. The quantitative estimate of drug-likeness (QED) is 0.900. The van der Waals surface area contributed by atoms with Gasteiger partial charge in [0.05, 0.1) is 6.10 Å². The first-order valence-corrected chi connectivity index (χ1v) is 6.30. The number of ether oxygens (including phenoxy) is 1. The minimum atomic E-state index is -0.860. The second-order valence-corrected chi connectivity index (χ2v) is 4.83. The van der Waals surface area contributed by atoms with Crippen molar-refractivity contribution in [2.75, 3.05) is 0 Å². The average molecular weight is 278 g/mol. The van der Waals surface area contributed by atoms with E-state index in [1.807, 2.05) is 0 Å². The van der Waals surface area contributed by atoms with Crippen LogP contribution in [-0.2, 0) is 0 Å². The number of halogens is 2. The molecular formula is C16H16F2O2. The van der Waals surface area contributed by atoms with Gasteiger partial charge in [-0.05, 0) is 62.2 Å². The van der Waals surface area contributed by atoms with Crippen LogP contribution in [0.15, 0.2) is 30.3 Å². The van der Waals surface area contributed by atoms with Crippen LogP contribution in [0.2, 0.25) is 0 Å². The molecule has 0 heterocycles. The number of aliphatic hydroxyl groups is 1. The van der Waals surface area contributed by atoms with Crippen molar-refractivity contribution >= 4 is 0 Å². The zero-order valence-electron chi connectivity index (χ0n) is 11.6. The Bertz CT molecular complexity index is 637. The summed E-state index contributed by atoms with van der Waals surface area (Å²) < 4.78 is 32.3. The van der Waals surface area contributed by atoms with E-state index in [1.54, 1.807) is 13.8 Å². The molecule has 0 saturated heterocycles.